The first-order valence-electron chi connectivity index (χ1n) is 10.9. The maximum Gasteiger partial charge on any atom is 0.230 e. The van der Waals surface area contributed by atoms with Crippen molar-refractivity contribution < 1.29 is 14.0 Å². The van der Waals surface area contributed by atoms with E-state index in [0.717, 1.165) is 84.3 Å². The summed E-state index contributed by atoms with van der Waals surface area (Å²) in [7, 11) is 0. The summed E-state index contributed by atoms with van der Waals surface area (Å²) < 4.78 is 12.5. The van der Waals surface area contributed by atoms with Crippen molar-refractivity contribution in [1.29, 1.82) is 0 Å². The molecule has 152 valence electrons. The zero-order chi connectivity index (χ0) is 19.1. The van der Waals surface area contributed by atoms with Crippen molar-refractivity contribution in [3.05, 3.63) is 0 Å². The summed E-state index contributed by atoms with van der Waals surface area (Å²) >= 11 is 0. The molecule has 6 heteroatoms. The van der Waals surface area contributed by atoms with Gasteiger partial charge in [0.15, 0.2) is 0 Å². The van der Waals surface area contributed by atoms with Gasteiger partial charge in [0.25, 0.3) is 0 Å². The van der Waals surface area contributed by atoms with Crippen molar-refractivity contribution >= 4 is 11.8 Å². The van der Waals surface area contributed by atoms with E-state index in [-0.39, 0.29) is 23.2 Å². The molecule has 4 rings (SSSR count). The van der Waals surface area contributed by atoms with Crippen molar-refractivity contribution in [2.75, 3.05) is 52.5 Å². The number of piperidine rings is 1. The lowest BCUT2D eigenvalue weighted by Crippen LogP contribution is -2.50. The van der Waals surface area contributed by atoms with Gasteiger partial charge in [-0.05, 0) is 56.4 Å². The van der Waals surface area contributed by atoms with Gasteiger partial charge in [-0.15, -0.1) is 0 Å². The standard InChI is InChI=1S/C21H34FN3O2/c1-2-23-15-17-20(8-13-24(14-9-20)18(26)5-10-22)6-7-21(17,16-23)19(27)25-11-3-4-12-25/h17H,2-16H2,1H3. The van der Waals surface area contributed by atoms with E-state index in [1.165, 1.54) is 0 Å². The highest BCUT2D eigenvalue weighted by Crippen LogP contribution is 2.62. The van der Waals surface area contributed by atoms with Crippen molar-refractivity contribution in [1.82, 2.24) is 14.7 Å². The van der Waals surface area contributed by atoms with Gasteiger partial charge in [-0.1, -0.05) is 6.92 Å². The van der Waals surface area contributed by atoms with Crippen LogP contribution in [0.2, 0.25) is 0 Å². The molecule has 1 saturated carbocycles. The van der Waals surface area contributed by atoms with E-state index in [1.54, 1.807) is 0 Å². The molecule has 0 aromatic carbocycles. The highest BCUT2D eigenvalue weighted by molar-refractivity contribution is 5.85. The first-order valence-corrected chi connectivity index (χ1v) is 10.9. The molecule has 3 aliphatic heterocycles. The number of alkyl halides is 1. The fraction of sp³-hybridized carbons (Fsp3) is 0.905. The number of rotatable bonds is 4. The number of nitrogens with zero attached hydrogens (tertiary/aromatic N) is 3. The van der Waals surface area contributed by atoms with E-state index in [0.29, 0.717) is 11.8 Å². The number of halogens is 1. The number of amides is 2. The second-order valence-corrected chi connectivity index (χ2v) is 9.22. The lowest BCUT2D eigenvalue weighted by molar-refractivity contribution is -0.143. The molecule has 5 nitrogen and oxygen atoms in total. The molecule has 4 fully saturated rings. The third-order valence-corrected chi connectivity index (χ3v) is 8.11. The second kappa shape index (κ2) is 7.34. The smallest absolute Gasteiger partial charge is 0.230 e. The molecule has 0 aromatic heterocycles. The van der Waals surface area contributed by atoms with E-state index in [2.05, 4.69) is 16.7 Å². The third kappa shape index (κ3) is 3.08. The quantitative estimate of drug-likeness (QED) is 0.753. The van der Waals surface area contributed by atoms with Crippen LogP contribution in [0.25, 0.3) is 0 Å². The molecule has 2 amide bonds. The SMILES string of the molecule is CCN1CC2C3(CCN(C(=O)CCF)CC3)CCC2(C(=O)N2CCCC2)C1. The summed E-state index contributed by atoms with van der Waals surface area (Å²) in [5, 5.41) is 0. The number of carbonyl (C=O) groups is 2. The summed E-state index contributed by atoms with van der Waals surface area (Å²) in [6.45, 7) is 7.88. The van der Waals surface area contributed by atoms with E-state index < -0.39 is 6.67 Å². The Morgan fingerprint density at radius 2 is 1.70 bits per heavy atom. The van der Waals surface area contributed by atoms with Crippen LogP contribution in [-0.2, 0) is 9.59 Å². The van der Waals surface area contributed by atoms with E-state index in [4.69, 9.17) is 0 Å². The van der Waals surface area contributed by atoms with Crippen LogP contribution in [0.1, 0.15) is 51.9 Å². The first-order chi connectivity index (χ1) is 13.0. The van der Waals surface area contributed by atoms with Gasteiger partial charge in [0.05, 0.1) is 18.5 Å². The molecule has 4 aliphatic rings. The normalized spacial score (nSPS) is 33.0. The van der Waals surface area contributed by atoms with Gasteiger partial charge in [0.1, 0.15) is 0 Å². The molecule has 27 heavy (non-hydrogen) atoms. The minimum atomic E-state index is -0.567. The number of hydrogen-bond donors (Lipinski definition) is 0. The van der Waals surface area contributed by atoms with Gasteiger partial charge in [-0.3, -0.25) is 14.0 Å². The molecule has 0 N–H and O–H groups in total. The molecule has 2 unspecified atom stereocenters. The fourth-order valence-corrected chi connectivity index (χ4v) is 6.52. The molecule has 1 aliphatic carbocycles. The Hall–Kier alpha value is -1.17. The van der Waals surface area contributed by atoms with Gasteiger partial charge in [-0.2, -0.15) is 0 Å². The third-order valence-electron chi connectivity index (χ3n) is 8.11. The summed E-state index contributed by atoms with van der Waals surface area (Å²) in [6.07, 6.45) is 6.35. The molecule has 0 aromatic rings. The van der Waals surface area contributed by atoms with E-state index in [1.807, 2.05) is 4.90 Å². The monoisotopic (exact) mass is 379 g/mol. The van der Waals surface area contributed by atoms with Crippen LogP contribution in [-0.4, -0.2) is 79.0 Å². The highest BCUT2D eigenvalue weighted by atomic mass is 19.1. The Bertz CT molecular complexity index is 584. The largest absolute Gasteiger partial charge is 0.343 e. The maximum absolute atomic E-state index is 13.6. The minimum Gasteiger partial charge on any atom is -0.343 e. The Morgan fingerprint density at radius 1 is 1.00 bits per heavy atom. The van der Waals surface area contributed by atoms with Crippen LogP contribution in [0.15, 0.2) is 0 Å². The van der Waals surface area contributed by atoms with Crippen molar-refractivity contribution in [3.63, 3.8) is 0 Å². The van der Waals surface area contributed by atoms with Crippen LogP contribution in [0.3, 0.4) is 0 Å². The van der Waals surface area contributed by atoms with Crippen molar-refractivity contribution in [2.45, 2.75) is 51.9 Å². The van der Waals surface area contributed by atoms with Gasteiger partial charge in [-0.25, -0.2) is 0 Å². The van der Waals surface area contributed by atoms with Crippen molar-refractivity contribution in [3.8, 4) is 0 Å². The van der Waals surface area contributed by atoms with Crippen LogP contribution in [0, 0.1) is 16.7 Å². The van der Waals surface area contributed by atoms with Gasteiger partial charge in [0.2, 0.25) is 11.8 Å². The minimum absolute atomic E-state index is 0.0113. The molecular formula is C21H34FN3O2. The van der Waals surface area contributed by atoms with Crippen LogP contribution in [0.5, 0.6) is 0 Å². The van der Waals surface area contributed by atoms with Gasteiger partial charge in [0, 0.05) is 39.3 Å². The van der Waals surface area contributed by atoms with Crippen LogP contribution in [0.4, 0.5) is 4.39 Å². The maximum atomic E-state index is 13.6. The number of carbonyl (C=O) groups excluding carboxylic acids is 2. The number of fused-ring (bicyclic) bond motifs is 2. The number of likely N-dealkylation sites (tertiary alicyclic amines) is 3. The summed E-state index contributed by atoms with van der Waals surface area (Å²) in [6, 6.07) is 0. The Balaban J connectivity index is 1.53. The average molecular weight is 380 g/mol. The topological polar surface area (TPSA) is 43.9 Å². The van der Waals surface area contributed by atoms with Crippen LogP contribution >= 0.6 is 0 Å². The zero-order valence-electron chi connectivity index (χ0n) is 16.7. The Labute approximate surface area is 162 Å². The van der Waals surface area contributed by atoms with E-state index in [9.17, 15) is 14.0 Å². The zero-order valence-corrected chi connectivity index (χ0v) is 16.7. The first kappa shape index (κ1) is 19.2. The average Bonchev–Trinajstić information content (AvgIpc) is 3.39. The Kier molecular flexibility index (Phi) is 5.21. The summed E-state index contributed by atoms with van der Waals surface area (Å²) in [4.78, 5) is 32.1. The molecule has 1 spiro atoms. The summed E-state index contributed by atoms with van der Waals surface area (Å²) in [5.74, 6) is 0.775. The van der Waals surface area contributed by atoms with Crippen molar-refractivity contribution in [2.24, 2.45) is 16.7 Å². The lowest BCUT2D eigenvalue weighted by Gasteiger charge is -2.45. The molecule has 3 saturated heterocycles. The molecule has 2 atom stereocenters. The summed E-state index contributed by atoms with van der Waals surface area (Å²) in [5.41, 5.74) is -0.0166. The predicted octanol–water partition coefficient (Wildman–Crippen LogP) is 2.31. The molecule has 3 heterocycles. The lowest BCUT2D eigenvalue weighted by atomic mass is 9.65. The van der Waals surface area contributed by atoms with Crippen LogP contribution < -0.4 is 0 Å². The molecular weight excluding hydrogens is 345 g/mol. The second-order valence-electron chi connectivity index (χ2n) is 9.22. The fourth-order valence-electron chi connectivity index (χ4n) is 6.52. The number of hydrogen-bond acceptors (Lipinski definition) is 3. The molecule has 0 bridgehead atoms. The highest BCUT2D eigenvalue weighted by Gasteiger charge is 2.64. The Morgan fingerprint density at radius 3 is 2.33 bits per heavy atom. The van der Waals surface area contributed by atoms with Gasteiger partial charge >= 0.3 is 0 Å². The predicted molar refractivity (Wildman–Crippen MR) is 102 cm³/mol. The molecule has 0 radical (unpaired) electrons. The van der Waals surface area contributed by atoms with E-state index >= 15 is 0 Å². The van der Waals surface area contributed by atoms with Gasteiger partial charge < -0.3 is 14.7 Å².